The van der Waals surface area contributed by atoms with Crippen molar-refractivity contribution in [1.29, 1.82) is 0 Å². The van der Waals surface area contributed by atoms with Crippen LogP contribution in [0.4, 0.5) is 5.69 Å². The number of hydrogen-bond donors (Lipinski definition) is 2. The van der Waals surface area contributed by atoms with Crippen molar-refractivity contribution in [3.05, 3.63) is 57.0 Å². The standard InChI is InChI=1S/C16H12Cl3NO4/c1-8(24-14-5-2-9(17)6-13(14)19)15(21)20-10-3-4-12(18)11(7-10)16(22)23/h2-8H,1H3,(H,20,21)(H,22,23)/t8-/m0/s1. The maximum atomic E-state index is 12.2. The summed E-state index contributed by atoms with van der Waals surface area (Å²) in [7, 11) is 0. The van der Waals surface area contributed by atoms with E-state index >= 15 is 0 Å². The molecule has 2 aromatic carbocycles. The highest BCUT2D eigenvalue weighted by Gasteiger charge is 2.18. The van der Waals surface area contributed by atoms with E-state index < -0.39 is 18.0 Å². The van der Waals surface area contributed by atoms with Crippen molar-refractivity contribution < 1.29 is 19.4 Å². The highest BCUT2D eigenvalue weighted by atomic mass is 35.5. The average Bonchev–Trinajstić information content (AvgIpc) is 2.51. The maximum Gasteiger partial charge on any atom is 0.337 e. The number of rotatable bonds is 5. The summed E-state index contributed by atoms with van der Waals surface area (Å²) in [5.74, 6) is -1.35. The Morgan fingerprint density at radius 3 is 2.42 bits per heavy atom. The van der Waals surface area contributed by atoms with Gasteiger partial charge in [0.15, 0.2) is 6.10 Å². The smallest absolute Gasteiger partial charge is 0.337 e. The van der Waals surface area contributed by atoms with Crippen LogP contribution in [-0.2, 0) is 4.79 Å². The van der Waals surface area contributed by atoms with Crippen molar-refractivity contribution in [2.45, 2.75) is 13.0 Å². The molecule has 24 heavy (non-hydrogen) atoms. The number of ether oxygens (including phenoxy) is 1. The van der Waals surface area contributed by atoms with E-state index in [1.807, 2.05) is 0 Å². The van der Waals surface area contributed by atoms with E-state index in [0.717, 1.165) is 0 Å². The zero-order valence-electron chi connectivity index (χ0n) is 12.3. The quantitative estimate of drug-likeness (QED) is 0.775. The molecular weight excluding hydrogens is 377 g/mol. The van der Waals surface area contributed by atoms with Gasteiger partial charge in [-0.15, -0.1) is 0 Å². The van der Waals surface area contributed by atoms with E-state index in [9.17, 15) is 9.59 Å². The summed E-state index contributed by atoms with van der Waals surface area (Å²) < 4.78 is 5.49. The number of aromatic carboxylic acids is 1. The minimum Gasteiger partial charge on any atom is -0.479 e. The molecule has 0 saturated carbocycles. The van der Waals surface area contributed by atoms with Crippen LogP contribution in [0.25, 0.3) is 0 Å². The van der Waals surface area contributed by atoms with Gasteiger partial charge in [0.1, 0.15) is 5.75 Å². The van der Waals surface area contributed by atoms with Gasteiger partial charge in [-0.05, 0) is 43.3 Å². The normalized spacial score (nSPS) is 11.7. The molecule has 0 bridgehead atoms. The molecule has 0 spiro atoms. The SMILES string of the molecule is C[C@H](Oc1ccc(Cl)cc1Cl)C(=O)Nc1ccc(Cl)c(C(=O)O)c1. The van der Waals surface area contributed by atoms with Crippen molar-refractivity contribution in [3.63, 3.8) is 0 Å². The molecule has 0 fully saturated rings. The van der Waals surface area contributed by atoms with Gasteiger partial charge >= 0.3 is 5.97 Å². The van der Waals surface area contributed by atoms with Gasteiger partial charge in [0, 0.05) is 10.7 Å². The Morgan fingerprint density at radius 2 is 1.79 bits per heavy atom. The van der Waals surface area contributed by atoms with Gasteiger partial charge in [-0.2, -0.15) is 0 Å². The number of hydrogen-bond acceptors (Lipinski definition) is 3. The van der Waals surface area contributed by atoms with Crippen LogP contribution in [0.15, 0.2) is 36.4 Å². The summed E-state index contributed by atoms with van der Waals surface area (Å²) in [6, 6.07) is 8.80. The Kier molecular flexibility index (Phi) is 5.94. The van der Waals surface area contributed by atoms with Crippen molar-refractivity contribution in [2.75, 3.05) is 5.32 Å². The van der Waals surface area contributed by atoms with E-state index in [4.69, 9.17) is 44.6 Å². The number of halogens is 3. The first kappa shape index (κ1) is 18.4. The predicted molar refractivity (Wildman–Crippen MR) is 93.6 cm³/mol. The minimum atomic E-state index is -1.19. The fourth-order valence-electron chi connectivity index (χ4n) is 1.83. The zero-order valence-corrected chi connectivity index (χ0v) is 14.6. The van der Waals surface area contributed by atoms with Crippen LogP contribution in [0.1, 0.15) is 17.3 Å². The third-order valence-electron chi connectivity index (χ3n) is 3.03. The van der Waals surface area contributed by atoms with Crippen LogP contribution in [0.3, 0.4) is 0 Å². The van der Waals surface area contributed by atoms with E-state index in [0.29, 0.717) is 16.5 Å². The average molecular weight is 389 g/mol. The highest BCUT2D eigenvalue weighted by molar-refractivity contribution is 6.35. The Labute approximate surface area is 153 Å². The lowest BCUT2D eigenvalue weighted by molar-refractivity contribution is -0.122. The molecule has 2 rings (SSSR count). The van der Waals surface area contributed by atoms with Crippen LogP contribution >= 0.6 is 34.8 Å². The van der Waals surface area contributed by atoms with Crippen LogP contribution in [0.5, 0.6) is 5.75 Å². The van der Waals surface area contributed by atoms with Gasteiger partial charge in [-0.3, -0.25) is 4.79 Å². The second-order valence-electron chi connectivity index (χ2n) is 4.82. The molecule has 2 N–H and O–H groups in total. The Morgan fingerprint density at radius 1 is 1.08 bits per heavy atom. The van der Waals surface area contributed by atoms with Gasteiger partial charge in [0.25, 0.3) is 5.91 Å². The molecule has 0 radical (unpaired) electrons. The van der Waals surface area contributed by atoms with Crippen molar-refractivity contribution >= 4 is 52.4 Å². The summed E-state index contributed by atoms with van der Waals surface area (Å²) in [6.07, 6.45) is -0.868. The number of nitrogens with one attached hydrogen (secondary N) is 1. The molecule has 0 saturated heterocycles. The van der Waals surface area contributed by atoms with Crippen LogP contribution in [-0.4, -0.2) is 23.1 Å². The van der Waals surface area contributed by atoms with Crippen LogP contribution < -0.4 is 10.1 Å². The van der Waals surface area contributed by atoms with Gasteiger partial charge in [-0.25, -0.2) is 4.79 Å². The largest absolute Gasteiger partial charge is 0.479 e. The predicted octanol–water partition coefficient (Wildman–Crippen LogP) is 4.75. The van der Waals surface area contributed by atoms with E-state index in [1.165, 1.54) is 31.2 Å². The first-order chi connectivity index (χ1) is 11.3. The highest BCUT2D eigenvalue weighted by Crippen LogP contribution is 2.28. The minimum absolute atomic E-state index is 0.0812. The van der Waals surface area contributed by atoms with Gasteiger partial charge in [0.05, 0.1) is 15.6 Å². The van der Waals surface area contributed by atoms with Gasteiger partial charge in [0.2, 0.25) is 0 Å². The molecule has 0 aliphatic carbocycles. The molecule has 0 heterocycles. The first-order valence-electron chi connectivity index (χ1n) is 6.73. The monoisotopic (exact) mass is 387 g/mol. The van der Waals surface area contributed by atoms with E-state index in [2.05, 4.69) is 5.32 Å². The van der Waals surface area contributed by atoms with E-state index in [-0.39, 0.29) is 15.6 Å². The maximum absolute atomic E-state index is 12.2. The lowest BCUT2D eigenvalue weighted by Crippen LogP contribution is -2.30. The molecule has 0 aliphatic rings. The number of benzene rings is 2. The molecule has 5 nitrogen and oxygen atoms in total. The summed E-state index contributed by atoms with van der Waals surface area (Å²) in [5.41, 5.74) is 0.184. The molecule has 8 heteroatoms. The molecule has 0 aliphatic heterocycles. The number of carboxylic acid groups (broad SMARTS) is 1. The number of carboxylic acids is 1. The van der Waals surface area contributed by atoms with Crippen molar-refractivity contribution in [3.8, 4) is 5.75 Å². The Balaban J connectivity index is 2.09. The lowest BCUT2D eigenvalue weighted by atomic mass is 10.2. The third kappa shape index (κ3) is 4.54. The molecule has 1 amide bonds. The Hall–Kier alpha value is -1.95. The second kappa shape index (κ2) is 7.75. The molecular formula is C16H12Cl3NO4. The van der Waals surface area contributed by atoms with Crippen LogP contribution in [0, 0.1) is 0 Å². The molecule has 126 valence electrons. The summed E-state index contributed by atoms with van der Waals surface area (Å²) in [6.45, 7) is 1.54. The van der Waals surface area contributed by atoms with Crippen LogP contribution in [0.2, 0.25) is 15.1 Å². The fraction of sp³-hybridized carbons (Fsp3) is 0.125. The second-order valence-corrected chi connectivity index (χ2v) is 6.07. The lowest BCUT2D eigenvalue weighted by Gasteiger charge is -2.16. The fourth-order valence-corrected chi connectivity index (χ4v) is 2.48. The van der Waals surface area contributed by atoms with E-state index in [1.54, 1.807) is 12.1 Å². The first-order valence-corrected chi connectivity index (χ1v) is 7.86. The van der Waals surface area contributed by atoms with Gasteiger partial charge < -0.3 is 15.2 Å². The van der Waals surface area contributed by atoms with Gasteiger partial charge in [-0.1, -0.05) is 34.8 Å². The summed E-state index contributed by atoms with van der Waals surface area (Å²) >= 11 is 17.6. The summed E-state index contributed by atoms with van der Waals surface area (Å²) in [4.78, 5) is 23.2. The topological polar surface area (TPSA) is 75.6 Å². The molecule has 2 aromatic rings. The molecule has 0 aromatic heterocycles. The number of anilines is 1. The van der Waals surface area contributed by atoms with Crippen molar-refractivity contribution in [2.24, 2.45) is 0 Å². The Bertz CT molecular complexity index is 795. The number of carbonyl (C=O) groups excluding carboxylic acids is 1. The molecule has 0 unspecified atom stereocenters. The number of amides is 1. The zero-order chi connectivity index (χ0) is 17.9. The third-order valence-corrected chi connectivity index (χ3v) is 3.89. The van der Waals surface area contributed by atoms with Crippen molar-refractivity contribution in [1.82, 2.24) is 0 Å². The molecule has 1 atom stereocenters. The summed E-state index contributed by atoms with van der Waals surface area (Å²) in [5, 5.41) is 12.4. The number of carbonyl (C=O) groups is 2.